The first-order valence-electron chi connectivity index (χ1n) is 6.42. The summed E-state index contributed by atoms with van der Waals surface area (Å²) in [6, 6.07) is 14.5. The Labute approximate surface area is 112 Å². The van der Waals surface area contributed by atoms with Crippen molar-refractivity contribution in [2.75, 3.05) is 0 Å². The molecule has 2 heteroatoms. The molecule has 2 rings (SSSR count). The zero-order valence-corrected chi connectivity index (χ0v) is 11.3. The van der Waals surface area contributed by atoms with Crippen LogP contribution in [-0.2, 0) is 17.6 Å². The molecule has 18 heavy (non-hydrogen) atoms. The molecule has 1 nitrogen and oxygen atoms in total. The lowest BCUT2D eigenvalue weighted by Gasteiger charge is -2.01. The van der Waals surface area contributed by atoms with Gasteiger partial charge in [-0.05, 0) is 36.3 Å². The average molecular weight is 258 g/mol. The highest BCUT2D eigenvalue weighted by Gasteiger charge is 2.03. The third-order valence-electron chi connectivity index (χ3n) is 2.99. The smallest absolute Gasteiger partial charge is 0.133 e. The van der Waals surface area contributed by atoms with Crippen LogP contribution in [0.1, 0.15) is 29.7 Å². The minimum Gasteiger partial charge on any atom is -0.300 e. The largest absolute Gasteiger partial charge is 0.300 e. The number of aryl methyl sites for hydroxylation is 2. The summed E-state index contributed by atoms with van der Waals surface area (Å²) in [6.07, 6.45) is 4.27. The molecule has 0 amide bonds. The van der Waals surface area contributed by atoms with E-state index in [1.807, 2.05) is 24.3 Å². The SMILES string of the molecule is O=C(CCCc1ccccc1)CCc1cccs1. The van der Waals surface area contributed by atoms with Crippen LogP contribution >= 0.6 is 11.3 Å². The van der Waals surface area contributed by atoms with Gasteiger partial charge in [-0.1, -0.05) is 36.4 Å². The van der Waals surface area contributed by atoms with Crippen molar-refractivity contribution in [1.29, 1.82) is 0 Å². The Bertz CT molecular complexity index is 459. The highest BCUT2D eigenvalue weighted by Crippen LogP contribution is 2.12. The van der Waals surface area contributed by atoms with Gasteiger partial charge in [0.15, 0.2) is 0 Å². The van der Waals surface area contributed by atoms with Crippen LogP contribution in [0.5, 0.6) is 0 Å². The molecule has 0 aliphatic rings. The Kier molecular flexibility index (Phi) is 5.15. The number of hydrogen-bond acceptors (Lipinski definition) is 2. The molecule has 0 unspecified atom stereocenters. The van der Waals surface area contributed by atoms with Crippen molar-refractivity contribution in [3.05, 3.63) is 58.3 Å². The molecule has 1 heterocycles. The van der Waals surface area contributed by atoms with Crippen LogP contribution in [0.25, 0.3) is 0 Å². The van der Waals surface area contributed by atoms with Gasteiger partial charge in [0.1, 0.15) is 5.78 Å². The van der Waals surface area contributed by atoms with E-state index in [1.165, 1.54) is 10.4 Å². The maximum atomic E-state index is 11.7. The summed E-state index contributed by atoms with van der Waals surface area (Å²) in [6.45, 7) is 0. The van der Waals surface area contributed by atoms with Gasteiger partial charge in [0.05, 0.1) is 0 Å². The van der Waals surface area contributed by atoms with Crippen LogP contribution in [0.3, 0.4) is 0 Å². The van der Waals surface area contributed by atoms with Crippen LogP contribution in [0.15, 0.2) is 47.8 Å². The van der Waals surface area contributed by atoms with E-state index < -0.39 is 0 Å². The monoisotopic (exact) mass is 258 g/mol. The fourth-order valence-corrected chi connectivity index (χ4v) is 2.69. The zero-order chi connectivity index (χ0) is 12.6. The van der Waals surface area contributed by atoms with Crippen molar-refractivity contribution in [2.45, 2.75) is 32.1 Å². The molecule has 0 aliphatic carbocycles. The van der Waals surface area contributed by atoms with Crippen molar-refractivity contribution in [3.8, 4) is 0 Å². The predicted octanol–water partition coefficient (Wildman–Crippen LogP) is 4.27. The predicted molar refractivity (Wildman–Crippen MR) is 77.0 cm³/mol. The Balaban J connectivity index is 1.63. The Morgan fingerprint density at radius 3 is 2.50 bits per heavy atom. The molecule has 1 aromatic carbocycles. The van der Waals surface area contributed by atoms with Gasteiger partial charge in [-0.25, -0.2) is 0 Å². The minimum absolute atomic E-state index is 0.388. The van der Waals surface area contributed by atoms with E-state index in [0.29, 0.717) is 18.6 Å². The molecule has 0 N–H and O–H groups in total. The fraction of sp³-hybridized carbons (Fsp3) is 0.312. The number of carbonyl (C=O) groups is 1. The average Bonchev–Trinajstić information content (AvgIpc) is 2.91. The quantitative estimate of drug-likeness (QED) is 0.724. The van der Waals surface area contributed by atoms with E-state index in [1.54, 1.807) is 11.3 Å². The maximum Gasteiger partial charge on any atom is 0.133 e. The third kappa shape index (κ3) is 4.46. The number of ketones is 1. The topological polar surface area (TPSA) is 17.1 Å². The van der Waals surface area contributed by atoms with Gasteiger partial charge in [0, 0.05) is 17.7 Å². The lowest BCUT2D eigenvalue weighted by atomic mass is 10.0. The van der Waals surface area contributed by atoms with Gasteiger partial charge in [-0.3, -0.25) is 4.79 Å². The van der Waals surface area contributed by atoms with Gasteiger partial charge in [0.25, 0.3) is 0 Å². The maximum absolute atomic E-state index is 11.7. The normalized spacial score (nSPS) is 10.4. The second kappa shape index (κ2) is 7.12. The zero-order valence-electron chi connectivity index (χ0n) is 10.5. The van der Waals surface area contributed by atoms with Gasteiger partial charge >= 0.3 is 0 Å². The van der Waals surface area contributed by atoms with Crippen LogP contribution in [0.4, 0.5) is 0 Å². The molecule has 0 fully saturated rings. The van der Waals surface area contributed by atoms with Crippen LogP contribution in [0, 0.1) is 0 Å². The minimum atomic E-state index is 0.388. The number of benzene rings is 1. The van der Waals surface area contributed by atoms with Gasteiger partial charge < -0.3 is 0 Å². The summed E-state index contributed by atoms with van der Waals surface area (Å²) < 4.78 is 0. The van der Waals surface area contributed by atoms with E-state index in [2.05, 4.69) is 23.6 Å². The van der Waals surface area contributed by atoms with Crippen molar-refractivity contribution >= 4 is 17.1 Å². The number of carbonyl (C=O) groups excluding carboxylic acids is 1. The molecule has 0 atom stereocenters. The van der Waals surface area contributed by atoms with Crippen LogP contribution in [-0.4, -0.2) is 5.78 Å². The summed E-state index contributed by atoms with van der Waals surface area (Å²) in [5.74, 6) is 0.388. The standard InChI is InChI=1S/C16H18OS/c17-15(11-12-16-10-5-13-18-16)9-4-8-14-6-2-1-3-7-14/h1-3,5-7,10,13H,4,8-9,11-12H2. The van der Waals surface area contributed by atoms with Crippen molar-refractivity contribution in [3.63, 3.8) is 0 Å². The molecule has 0 saturated carbocycles. The lowest BCUT2D eigenvalue weighted by molar-refractivity contribution is -0.119. The van der Waals surface area contributed by atoms with Gasteiger partial charge in [-0.2, -0.15) is 0 Å². The highest BCUT2D eigenvalue weighted by molar-refractivity contribution is 7.09. The Hall–Kier alpha value is -1.41. The first-order valence-corrected chi connectivity index (χ1v) is 7.30. The molecule has 0 spiro atoms. The lowest BCUT2D eigenvalue weighted by Crippen LogP contribution is -2.00. The summed E-state index contributed by atoms with van der Waals surface area (Å²) >= 11 is 1.73. The van der Waals surface area contributed by atoms with Crippen LogP contribution < -0.4 is 0 Å². The molecule has 1 aromatic heterocycles. The molecular formula is C16H18OS. The van der Waals surface area contributed by atoms with Crippen molar-refractivity contribution in [2.24, 2.45) is 0 Å². The number of thiophene rings is 1. The van der Waals surface area contributed by atoms with Crippen molar-refractivity contribution in [1.82, 2.24) is 0 Å². The van der Waals surface area contributed by atoms with E-state index in [9.17, 15) is 4.79 Å². The number of hydrogen-bond donors (Lipinski definition) is 0. The summed E-state index contributed by atoms with van der Waals surface area (Å²) in [7, 11) is 0. The molecule has 2 aromatic rings. The fourth-order valence-electron chi connectivity index (χ4n) is 1.98. The van der Waals surface area contributed by atoms with E-state index >= 15 is 0 Å². The van der Waals surface area contributed by atoms with E-state index in [-0.39, 0.29) is 0 Å². The van der Waals surface area contributed by atoms with E-state index in [0.717, 1.165) is 19.3 Å². The summed E-state index contributed by atoms with van der Waals surface area (Å²) in [5.41, 5.74) is 1.32. The number of rotatable bonds is 7. The summed E-state index contributed by atoms with van der Waals surface area (Å²) in [5, 5.41) is 2.06. The molecule has 0 saturated heterocycles. The Morgan fingerprint density at radius 2 is 1.78 bits per heavy atom. The number of Topliss-reactive ketones (excluding diaryl/α,β-unsaturated/α-hetero) is 1. The van der Waals surface area contributed by atoms with E-state index in [4.69, 9.17) is 0 Å². The third-order valence-corrected chi connectivity index (χ3v) is 3.93. The Morgan fingerprint density at radius 1 is 0.944 bits per heavy atom. The molecule has 0 radical (unpaired) electrons. The second-order valence-electron chi connectivity index (χ2n) is 4.46. The second-order valence-corrected chi connectivity index (χ2v) is 5.49. The molecule has 0 aliphatic heterocycles. The van der Waals surface area contributed by atoms with Gasteiger partial charge in [-0.15, -0.1) is 11.3 Å². The van der Waals surface area contributed by atoms with Crippen LogP contribution in [0.2, 0.25) is 0 Å². The highest BCUT2D eigenvalue weighted by atomic mass is 32.1. The van der Waals surface area contributed by atoms with Crippen molar-refractivity contribution < 1.29 is 4.79 Å². The van der Waals surface area contributed by atoms with Gasteiger partial charge in [0.2, 0.25) is 0 Å². The first-order chi connectivity index (χ1) is 8.84. The summed E-state index contributed by atoms with van der Waals surface area (Å²) in [4.78, 5) is 13.0. The molecular weight excluding hydrogens is 240 g/mol. The first kappa shape index (κ1) is 13.0. The molecule has 94 valence electrons. The molecule has 0 bridgehead atoms.